The van der Waals surface area contributed by atoms with Crippen LogP contribution in [0.25, 0.3) is 0 Å². The van der Waals surface area contributed by atoms with Gasteiger partial charge in [-0.25, -0.2) is 8.42 Å². The van der Waals surface area contributed by atoms with Gasteiger partial charge >= 0.3 is 0 Å². The van der Waals surface area contributed by atoms with Crippen molar-refractivity contribution in [2.75, 3.05) is 4.72 Å². The molecule has 0 saturated carbocycles. The van der Waals surface area contributed by atoms with Crippen LogP contribution in [-0.4, -0.2) is 8.42 Å². The zero-order valence-electron chi connectivity index (χ0n) is 10.6. The van der Waals surface area contributed by atoms with Crippen LogP contribution >= 0.6 is 83.7 Å². The summed E-state index contributed by atoms with van der Waals surface area (Å²) in [5.41, 5.74) is 1.50. The lowest BCUT2D eigenvalue weighted by Gasteiger charge is -2.13. The minimum Gasteiger partial charge on any atom is -0.277 e. The highest BCUT2D eigenvalue weighted by Crippen LogP contribution is 2.30. The summed E-state index contributed by atoms with van der Waals surface area (Å²) in [7, 11) is -3.59. The van der Waals surface area contributed by atoms with Gasteiger partial charge in [-0.05, 0) is 111 Å². The van der Waals surface area contributed by atoms with E-state index in [2.05, 4.69) is 88.4 Å². The molecule has 3 nitrogen and oxygen atoms in total. The predicted molar refractivity (Wildman–Crippen MR) is 114 cm³/mol. The maximum Gasteiger partial charge on any atom is 0.261 e. The van der Waals surface area contributed by atoms with Crippen LogP contribution < -0.4 is 4.72 Å². The van der Waals surface area contributed by atoms with Gasteiger partial charge in [0.05, 0.1) is 10.6 Å². The van der Waals surface area contributed by atoms with E-state index in [1.807, 2.05) is 19.1 Å². The van der Waals surface area contributed by atoms with Crippen molar-refractivity contribution in [2.24, 2.45) is 0 Å². The molecule has 0 heterocycles. The van der Waals surface area contributed by atoms with Gasteiger partial charge in [0.25, 0.3) is 10.0 Å². The van der Waals surface area contributed by atoms with E-state index < -0.39 is 10.0 Å². The van der Waals surface area contributed by atoms with Gasteiger partial charge in [0.1, 0.15) is 0 Å². The van der Waals surface area contributed by atoms with Gasteiger partial charge < -0.3 is 0 Å². The Labute approximate surface area is 173 Å². The second-order valence-corrected chi connectivity index (χ2v) is 10.4. The fourth-order valence-corrected chi connectivity index (χ4v) is 7.27. The van der Waals surface area contributed by atoms with Crippen LogP contribution in [0, 0.1) is 17.6 Å². The molecule has 0 bridgehead atoms. The van der Waals surface area contributed by atoms with E-state index in [0.717, 1.165) is 20.7 Å². The van der Waals surface area contributed by atoms with Crippen LogP contribution in [0.2, 0.25) is 0 Å². The number of rotatable bonds is 3. The Morgan fingerprint density at radius 2 is 1.62 bits per heavy atom. The molecule has 0 saturated heterocycles. The standard InChI is InChI=1S/C13H9BrI3NO2S/c1-7-4-9(2-3-10(7)14)21(19,20)18-13-11(16)5-8(15)6-12(13)17/h2-6,18H,1H3. The Morgan fingerprint density at radius 3 is 2.14 bits per heavy atom. The SMILES string of the molecule is Cc1cc(S(=O)(=O)Nc2c(I)cc(I)cc2I)ccc1Br. The lowest BCUT2D eigenvalue weighted by Crippen LogP contribution is -2.15. The Hall–Kier alpha value is 0.860. The highest BCUT2D eigenvalue weighted by Gasteiger charge is 2.18. The van der Waals surface area contributed by atoms with E-state index in [0.29, 0.717) is 5.69 Å². The average Bonchev–Trinajstić information content (AvgIpc) is 2.37. The highest BCUT2D eigenvalue weighted by atomic mass is 127. The second-order valence-electron chi connectivity index (χ2n) is 4.26. The van der Waals surface area contributed by atoms with Gasteiger partial charge in [0.15, 0.2) is 0 Å². The maximum atomic E-state index is 12.5. The van der Waals surface area contributed by atoms with Crippen molar-refractivity contribution in [2.45, 2.75) is 11.8 Å². The predicted octanol–water partition coefficient (Wildman–Crippen LogP) is 5.37. The summed E-state index contributed by atoms with van der Waals surface area (Å²) < 4.78 is 31.4. The fraction of sp³-hybridized carbons (Fsp3) is 0.0769. The molecule has 0 amide bonds. The van der Waals surface area contributed by atoms with E-state index in [-0.39, 0.29) is 4.90 Å². The van der Waals surface area contributed by atoms with Crippen LogP contribution in [-0.2, 0) is 10.0 Å². The summed E-state index contributed by atoms with van der Waals surface area (Å²) in [6.45, 7) is 1.86. The molecule has 1 N–H and O–H groups in total. The number of sulfonamides is 1. The summed E-state index contributed by atoms with van der Waals surface area (Å²) in [5.74, 6) is 0. The van der Waals surface area contributed by atoms with Crippen molar-refractivity contribution in [1.82, 2.24) is 0 Å². The number of anilines is 1. The van der Waals surface area contributed by atoms with Crippen LogP contribution in [0.5, 0.6) is 0 Å². The fourth-order valence-electron chi connectivity index (χ4n) is 1.62. The van der Waals surface area contributed by atoms with Gasteiger partial charge in [-0.15, -0.1) is 0 Å². The molecule has 0 fully saturated rings. The zero-order valence-corrected chi connectivity index (χ0v) is 19.5. The molecular weight excluding hydrogens is 695 g/mol. The van der Waals surface area contributed by atoms with Crippen LogP contribution in [0.15, 0.2) is 39.7 Å². The highest BCUT2D eigenvalue weighted by molar-refractivity contribution is 14.1. The molecule has 0 aromatic heterocycles. The maximum absolute atomic E-state index is 12.5. The lowest BCUT2D eigenvalue weighted by molar-refractivity contribution is 0.601. The molecular formula is C13H9BrI3NO2S. The summed E-state index contributed by atoms with van der Waals surface area (Å²) in [6.07, 6.45) is 0. The summed E-state index contributed by atoms with van der Waals surface area (Å²) >= 11 is 9.87. The lowest BCUT2D eigenvalue weighted by atomic mass is 10.2. The van der Waals surface area contributed by atoms with Crippen molar-refractivity contribution >= 4 is 99.4 Å². The zero-order chi connectivity index (χ0) is 15.8. The van der Waals surface area contributed by atoms with Crippen LogP contribution in [0.1, 0.15) is 5.56 Å². The van der Waals surface area contributed by atoms with Gasteiger partial charge in [0, 0.05) is 15.2 Å². The van der Waals surface area contributed by atoms with E-state index in [1.54, 1.807) is 18.2 Å². The largest absolute Gasteiger partial charge is 0.277 e. The quantitative estimate of drug-likeness (QED) is 0.438. The molecule has 0 unspecified atom stereocenters. The Bertz CT molecular complexity index is 786. The molecule has 0 radical (unpaired) electrons. The van der Waals surface area contributed by atoms with Gasteiger partial charge in [0.2, 0.25) is 0 Å². The first-order chi connectivity index (χ1) is 9.70. The first-order valence-corrected chi connectivity index (χ1v) is 11.2. The molecule has 8 heteroatoms. The number of hydrogen-bond donors (Lipinski definition) is 1. The van der Waals surface area contributed by atoms with E-state index in [4.69, 9.17) is 0 Å². The van der Waals surface area contributed by atoms with Crippen molar-refractivity contribution in [3.63, 3.8) is 0 Å². The number of halogens is 4. The van der Waals surface area contributed by atoms with Crippen molar-refractivity contribution in [1.29, 1.82) is 0 Å². The van der Waals surface area contributed by atoms with Gasteiger partial charge in [-0.1, -0.05) is 15.9 Å². The summed E-state index contributed by atoms with van der Waals surface area (Å²) in [4.78, 5) is 0.258. The van der Waals surface area contributed by atoms with Crippen molar-refractivity contribution < 1.29 is 8.42 Å². The topological polar surface area (TPSA) is 46.2 Å². The van der Waals surface area contributed by atoms with E-state index >= 15 is 0 Å². The number of nitrogens with one attached hydrogen (secondary N) is 1. The van der Waals surface area contributed by atoms with Gasteiger partial charge in [-0.3, -0.25) is 4.72 Å². The van der Waals surface area contributed by atoms with Gasteiger partial charge in [-0.2, -0.15) is 0 Å². The molecule has 2 rings (SSSR count). The Balaban J connectivity index is 2.44. The van der Waals surface area contributed by atoms with Crippen LogP contribution in [0.3, 0.4) is 0 Å². The van der Waals surface area contributed by atoms with Crippen molar-refractivity contribution in [3.8, 4) is 0 Å². The average molecular weight is 704 g/mol. The second kappa shape index (κ2) is 7.18. The Morgan fingerprint density at radius 1 is 1.05 bits per heavy atom. The molecule has 0 atom stereocenters. The van der Waals surface area contributed by atoms with E-state index in [9.17, 15) is 8.42 Å². The molecule has 0 aliphatic carbocycles. The number of aryl methyl sites for hydroxylation is 1. The molecule has 2 aromatic carbocycles. The minimum absolute atomic E-state index is 0.258. The third-order valence-electron chi connectivity index (χ3n) is 2.68. The molecule has 112 valence electrons. The number of hydrogen-bond acceptors (Lipinski definition) is 2. The first kappa shape index (κ1) is 18.2. The molecule has 21 heavy (non-hydrogen) atoms. The summed E-state index contributed by atoms with van der Waals surface area (Å²) in [6, 6.07) is 8.86. The van der Waals surface area contributed by atoms with E-state index in [1.165, 1.54) is 0 Å². The van der Waals surface area contributed by atoms with Crippen LogP contribution in [0.4, 0.5) is 5.69 Å². The number of benzene rings is 2. The monoisotopic (exact) mass is 703 g/mol. The molecule has 0 aliphatic heterocycles. The first-order valence-electron chi connectivity index (χ1n) is 5.64. The Kier molecular flexibility index (Phi) is 6.22. The summed E-state index contributed by atoms with van der Waals surface area (Å²) in [5, 5.41) is 0. The third-order valence-corrected chi connectivity index (χ3v) is 7.24. The third kappa shape index (κ3) is 4.44. The minimum atomic E-state index is -3.59. The van der Waals surface area contributed by atoms with Crippen molar-refractivity contribution in [3.05, 3.63) is 51.1 Å². The molecule has 0 spiro atoms. The molecule has 2 aromatic rings. The smallest absolute Gasteiger partial charge is 0.261 e. The normalized spacial score (nSPS) is 11.5. The molecule has 0 aliphatic rings.